The maximum absolute atomic E-state index is 12.3. The number of benzene rings is 6. The van der Waals surface area contributed by atoms with Crippen LogP contribution in [0.3, 0.4) is 0 Å². The van der Waals surface area contributed by atoms with E-state index in [-0.39, 0.29) is 39.6 Å². The van der Waals surface area contributed by atoms with Crippen LogP contribution >= 0.6 is 0 Å². The van der Waals surface area contributed by atoms with Gasteiger partial charge in [0.15, 0.2) is 12.6 Å². The van der Waals surface area contributed by atoms with Crippen LogP contribution in [0.15, 0.2) is 194 Å². The Morgan fingerprint density at radius 1 is 0.343 bits per heavy atom. The summed E-state index contributed by atoms with van der Waals surface area (Å²) in [6, 6.07) is 58.8. The molecule has 6 aromatic carbocycles. The highest BCUT2D eigenvalue weighted by Gasteiger charge is 2.52. The molecule has 8 rings (SSSR count). The third kappa shape index (κ3) is 14.1. The van der Waals surface area contributed by atoms with Gasteiger partial charge in [0.2, 0.25) is 0 Å². The van der Waals surface area contributed by atoms with Crippen molar-refractivity contribution in [2.45, 2.75) is 113 Å². The first-order chi connectivity index (χ1) is 34.5. The normalized spacial score (nSPS) is 25.7. The van der Waals surface area contributed by atoms with Crippen molar-refractivity contribution in [2.24, 2.45) is 0 Å². The monoisotopic (exact) mass is 952 g/mol. The van der Waals surface area contributed by atoms with Crippen LogP contribution in [0.2, 0.25) is 0 Å². The molecule has 368 valence electrons. The van der Waals surface area contributed by atoms with E-state index in [1.807, 2.05) is 182 Å². The largest absolute Gasteiger partial charge is 0.386 e. The second-order valence-corrected chi connectivity index (χ2v) is 17.3. The van der Waals surface area contributed by atoms with E-state index in [9.17, 15) is 10.2 Å². The standard InChI is InChI=1S/C58H64O12/c1-61-57-55(67-39-45-29-17-7-18-30-45)53(65-37-43-25-13-5-14-26-43)51(63-35-41-21-9-3-10-22-41)49(69-57)47(59)33-34-48(60)50-52(64-36-42-23-11-4-12-24-42)54(66-38-44-27-15-6-16-28-44)56(58(62-2)70-50)68-40-46-31-19-8-20-32-46/h3-34,47-60H,35-40H2,1-2H3/b34-33+/t47?,48?,49-,50-,51-,52-,53+,54+,55-,56-,57+,58+/m1/s1. The molecule has 0 spiro atoms. The first-order valence-electron chi connectivity index (χ1n) is 23.8. The van der Waals surface area contributed by atoms with Gasteiger partial charge in [-0.05, 0) is 33.4 Å². The molecule has 2 aliphatic rings. The lowest BCUT2D eigenvalue weighted by Gasteiger charge is -2.47. The van der Waals surface area contributed by atoms with E-state index in [0.717, 1.165) is 33.4 Å². The van der Waals surface area contributed by atoms with Gasteiger partial charge in [-0.15, -0.1) is 0 Å². The van der Waals surface area contributed by atoms with Crippen molar-refractivity contribution < 1.29 is 57.6 Å². The van der Waals surface area contributed by atoms with E-state index in [0.29, 0.717) is 0 Å². The SMILES string of the molecule is CO[C@H]1O[C@H](C(O)/C=C/C(O)[C@H]2O[C@H](OC)[C@H](OCc3ccccc3)[C@@H](OCc3ccccc3)[C@@H]2OCc2ccccc2)[C@@H](OCc2ccccc2)[C@H](OCc2ccccc2)[C@H]1OCc1ccccc1. The molecule has 0 radical (unpaired) electrons. The summed E-state index contributed by atoms with van der Waals surface area (Å²) in [5.74, 6) is 0. The fraction of sp³-hybridized carbons (Fsp3) is 0.345. The summed E-state index contributed by atoms with van der Waals surface area (Å²) in [6.45, 7) is 1.32. The molecule has 0 aromatic heterocycles. The summed E-state index contributed by atoms with van der Waals surface area (Å²) in [6.07, 6.45) is -8.74. The molecule has 2 heterocycles. The summed E-state index contributed by atoms with van der Waals surface area (Å²) in [4.78, 5) is 0. The topological polar surface area (TPSA) is 133 Å². The first kappa shape index (κ1) is 51.0. The van der Waals surface area contributed by atoms with Gasteiger partial charge in [-0.3, -0.25) is 0 Å². The van der Waals surface area contributed by atoms with Crippen molar-refractivity contribution in [3.8, 4) is 0 Å². The molecule has 2 unspecified atom stereocenters. The number of hydrogen-bond donors (Lipinski definition) is 2. The van der Waals surface area contributed by atoms with Crippen molar-refractivity contribution in [3.63, 3.8) is 0 Å². The third-order valence-electron chi connectivity index (χ3n) is 12.4. The van der Waals surface area contributed by atoms with Crippen LogP contribution in [-0.4, -0.2) is 98.1 Å². The minimum atomic E-state index is -1.36. The minimum Gasteiger partial charge on any atom is -0.386 e. The molecule has 0 aliphatic carbocycles. The van der Waals surface area contributed by atoms with E-state index in [1.165, 1.54) is 26.4 Å². The number of rotatable bonds is 24. The quantitative estimate of drug-likeness (QED) is 0.0564. The third-order valence-corrected chi connectivity index (χ3v) is 12.4. The van der Waals surface area contributed by atoms with E-state index < -0.39 is 73.6 Å². The van der Waals surface area contributed by atoms with Crippen molar-refractivity contribution in [1.29, 1.82) is 0 Å². The highest BCUT2D eigenvalue weighted by Crippen LogP contribution is 2.35. The predicted molar refractivity (Wildman–Crippen MR) is 263 cm³/mol. The molecular weight excluding hydrogens is 889 g/mol. The lowest BCUT2D eigenvalue weighted by Crippen LogP contribution is -2.63. The molecule has 0 bridgehead atoms. The predicted octanol–water partition coefficient (Wildman–Crippen LogP) is 8.52. The molecule has 12 nitrogen and oxygen atoms in total. The molecule has 0 saturated carbocycles. The zero-order valence-electron chi connectivity index (χ0n) is 39.6. The van der Waals surface area contributed by atoms with Gasteiger partial charge in [0, 0.05) is 14.2 Å². The molecule has 70 heavy (non-hydrogen) atoms. The van der Waals surface area contributed by atoms with Crippen molar-refractivity contribution in [1.82, 2.24) is 0 Å². The summed E-state index contributed by atoms with van der Waals surface area (Å²) in [5.41, 5.74) is 5.62. The van der Waals surface area contributed by atoms with E-state index in [1.54, 1.807) is 0 Å². The van der Waals surface area contributed by atoms with Crippen LogP contribution in [-0.2, 0) is 87.0 Å². The lowest BCUT2D eigenvalue weighted by molar-refractivity contribution is -0.327. The number of aliphatic hydroxyl groups is 2. The molecule has 2 saturated heterocycles. The highest BCUT2D eigenvalue weighted by atomic mass is 16.7. The van der Waals surface area contributed by atoms with E-state index >= 15 is 0 Å². The van der Waals surface area contributed by atoms with Gasteiger partial charge in [-0.1, -0.05) is 194 Å². The Balaban J connectivity index is 1.09. The highest BCUT2D eigenvalue weighted by molar-refractivity contribution is 5.19. The van der Waals surface area contributed by atoms with Crippen LogP contribution in [0, 0.1) is 0 Å². The van der Waals surface area contributed by atoms with Crippen LogP contribution < -0.4 is 0 Å². The number of aliphatic hydroxyl groups excluding tert-OH is 2. The van der Waals surface area contributed by atoms with Crippen LogP contribution in [0.5, 0.6) is 0 Å². The molecule has 2 fully saturated rings. The fourth-order valence-corrected chi connectivity index (χ4v) is 8.76. The molecule has 12 atom stereocenters. The molecule has 2 N–H and O–H groups in total. The maximum Gasteiger partial charge on any atom is 0.186 e. The summed E-state index contributed by atoms with van der Waals surface area (Å²) >= 11 is 0. The smallest absolute Gasteiger partial charge is 0.186 e. The van der Waals surface area contributed by atoms with Crippen molar-refractivity contribution in [3.05, 3.63) is 228 Å². The average Bonchev–Trinajstić information content (AvgIpc) is 3.42. The number of methoxy groups -OCH3 is 2. The average molecular weight is 953 g/mol. The van der Waals surface area contributed by atoms with E-state index in [4.69, 9.17) is 47.4 Å². The summed E-state index contributed by atoms with van der Waals surface area (Å²) in [5, 5.41) is 24.6. The van der Waals surface area contributed by atoms with Gasteiger partial charge in [-0.25, -0.2) is 0 Å². The number of ether oxygens (including phenoxy) is 10. The van der Waals surface area contributed by atoms with Gasteiger partial charge in [-0.2, -0.15) is 0 Å². The van der Waals surface area contributed by atoms with Gasteiger partial charge in [0.25, 0.3) is 0 Å². The molecule has 0 amide bonds. The van der Waals surface area contributed by atoms with Crippen LogP contribution in [0.1, 0.15) is 33.4 Å². The van der Waals surface area contributed by atoms with Crippen LogP contribution in [0.4, 0.5) is 0 Å². The van der Waals surface area contributed by atoms with Gasteiger partial charge in [0.05, 0.1) is 39.6 Å². The summed E-state index contributed by atoms with van der Waals surface area (Å²) in [7, 11) is 3.06. The zero-order valence-corrected chi connectivity index (χ0v) is 39.6. The second kappa shape index (κ2) is 26.7. The van der Waals surface area contributed by atoms with Crippen LogP contribution in [0.25, 0.3) is 0 Å². The summed E-state index contributed by atoms with van der Waals surface area (Å²) < 4.78 is 65.4. The Labute approximate surface area is 411 Å². The fourth-order valence-electron chi connectivity index (χ4n) is 8.76. The van der Waals surface area contributed by atoms with Gasteiger partial charge in [0.1, 0.15) is 61.0 Å². The second-order valence-electron chi connectivity index (χ2n) is 17.3. The Kier molecular flexibility index (Phi) is 19.4. The molecule has 6 aromatic rings. The minimum absolute atomic E-state index is 0.186. The zero-order chi connectivity index (χ0) is 48.3. The van der Waals surface area contributed by atoms with Crippen molar-refractivity contribution in [2.75, 3.05) is 14.2 Å². The van der Waals surface area contributed by atoms with Gasteiger partial charge < -0.3 is 57.6 Å². The van der Waals surface area contributed by atoms with E-state index in [2.05, 4.69) is 0 Å². The lowest BCUT2D eigenvalue weighted by atomic mass is 9.92. The Bertz CT molecular complexity index is 2210. The Morgan fingerprint density at radius 3 is 0.786 bits per heavy atom. The molecular formula is C58H64O12. The van der Waals surface area contributed by atoms with Crippen molar-refractivity contribution >= 4 is 0 Å². The molecule has 12 heteroatoms. The maximum atomic E-state index is 12.3. The first-order valence-corrected chi connectivity index (χ1v) is 23.8. The number of hydrogen-bond acceptors (Lipinski definition) is 12. The van der Waals surface area contributed by atoms with Gasteiger partial charge >= 0.3 is 0 Å². The molecule has 2 aliphatic heterocycles. The Morgan fingerprint density at radius 2 is 0.557 bits per heavy atom. The Hall–Kier alpha value is -5.42.